The van der Waals surface area contributed by atoms with Crippen LogP contribution in [-0.4, -0.2) is 9.78 Å². The number of aromatic nitrogens is 2. The number of hydrogen-bond donors (Lipinski definition) is 2. The Morgan fingerprint density at radius 1 is 1.50 bits per heavy atom. The number of nitrogens with two attached hydrogens (primary N) is 1. The van der Waals surface area contributed by atoms with Crippen LogP contribution >= 0.6 is 0 Å². The molecule has 3 N–H and O–H groups in total. The third-order valence-electron chi connectivity index (χ3n) is 3.27. The zero-order valence-electron chi connectivity index (χ0n) is 10.8. The van der Waals surface area contributed by atoms with E-state index >= 15 is 0 Å². The highest BCUT2D eigenvalue weighted by molar-refractivity contribution is 5.15. The van der Waals surface area contributed by atoms with Crippen LogP contribution in [0.15, 0.2) is 35.3 Å². The van der Waals surface area contributed by atoms with Crippen molar-refractivity contribution < 1.29 is 4.42 Å². The molecule has 5 nitrogen and oxygen atoms in total. The normalized spacial score (nSPS) is 14.6. The molecular weight excluding hydrogens is 228 g/mol. The Morgan fingerprint density at radius 2 is 2.33 bits per heavy atom. The molecule has 2 aromatic rings. The van der Waals surface area contributed by atoms with Crippen molar-refractivity contribution in [3.05, 3.63) is 42.1 Å². The molecule has 2 rings (SSSR count). The highest BCUT2D eigenvalue weighted by Crippen LogP contribution is 2.18. The zero-order valence-corrected chi connectivity index (χ0v) is 10.8. The fourth-order valence-corrected chi connectivity index (χ4v) is 1.87. The highest BCUT2D eigenvalue weighted by Gasteiger charge is 2.14. The molecule has 2 atom stereocenters. The number of rotatable bonds is 6. The lowest BCUT2D eigenvalue weighted by Crippen LogP contribution is -2.29. The summed E-state index contributed by atoms with van der Waals surface area (Å²) in [6, 6.07) is 4.41. The maximum absolute atomic E-state index is 5.58. The lowest BCUT2D eigenvalue weighted by molar-refractivity contribution is 0.466. The van der Waals surface area contributed by atoms with Crippen molar-refractivity contribution in [2.75, 3.05) is 0 Å². The van der Waals surface area contributed by atoms with Gasteiger partial charge in [0, 0.05) is 24.2 Å². The first-order valence-electron chi connectivity index (χ1n) is 6.26. The van der Waals surface area contributed by atoms with Gasteiger partial charge in [-0.2, -0.15) is 5.10 Å². The average Bonchev–Trinajstić information content (AvgIpc) is 3.05. The van der Waals surface area contributed by atoms with Crippen molar-refractivity contribution >= 4 is 0 Å². The molecule has 0 saturated carbocycles. The molecule has 0 spiro atoms. The summed E-state index contributed by atoms with van der Waals surface area (Å²) >= 11 is 0. The predicted octanol–water partition coefficient (Wildman–Crippen LogP) is 2.19. The number of hydrogen-bond acceptors (Lipinski definition) is 4. The SMILES string of the molecule is CCC(C)n1ccc(CC(NN)c2ccoc2)n1. The molecule has 18 heavy (non-hydrogen) atoms. The smallest absolute Gasteiger partial charge is 0.0951 e. The van der Waals surface area contributed by atoms with E-state index in [2.05, 4.69) is 24.4 Å². The minimum Gasteiger partial charge on any atom is -0.472 e. The first-order chi connectivity index (χ1) is 8.74. The van der Waals surface area contributed by atoms with E-state index < -0.39 is 0 Å². The second-order valence-electron chi connectivity index (χ2n) is 4.52. The highest BCUT2D eigenvalue weighted by atomic mass is 16.3. The van der Waals surface area contributed by atoms with Gasteiger partial charge in [0.15, 0.2) is 0 Å². The number of nitrogens with one attached hydrogen (secondary N) is 1. The fourth-order valence-electron chi connectivity index (χ4n) is 1.87. The van der Waals surface area contributed by atoms with Crippen molar-refractivity contribution in [3.8, 4) is 0 Å². The number of hydrazine groups is 1. The van der Waals surface area contributed by atoms with Crippen LogP contribution in [0.25, 0.3) is 0 Å². The van der Waals surface area contributed by atoms with E-state index in [4.69, 9.17) is 10.3 Å². The summed E-state index contributed by atoms with van der Waals surface area (Å²) in [7, 11) is 0. The van der Waals surface area contributed by atoms with Gasteiger partial charge in [-0.1, -0.05) is 6.92 Å². The predicted molar refractivity (Wildman–Crippen MR) is 69.7 cm³/mol. The van der Waals surface area contributed by atoms with Crippen LogP contribution in [0.1, 0.15) is 43.6 Å². The van der Waals surface area contributed by atoms with Crippen molar-refractivity contribution in [2.45, 2.75) is 38.8 Å². The summed E-state index contributed by atoms with van der Waals surface area (Å²) in [5.74, 6) is 5.58. The molecule has 2 heterocycles. The summed E-state index contributed by atoms with van der Waals surface area (Å²) < 4.78 is 7.07. The van der Waals surface area contributed by atoms with Crippen LogP contribution < -0.4 is 11.3 Å². The summed E-state index contributed by atoms with van der Waals surface area (Å²) in [6.07, 6.45) is 7.20. The molecule has 0 aliphatic heterocycles. The van der Waals surface area contributed by atoms with Gasteiger partial charge in [-0.15, -0.1) is 0 Å². The second-order valence-corrected chi connectivity index (χ2v) is 4.52. The van der Waals surface area contributed by atoms with E-state index in [-0.39, 0.29) is 6.04 Å². The fraction of sp³-hybridized carbons (Fsp3) is 0.462. The van der Waals surface area contributed by atoms with Crippen LogP contribution in [0.5, 0.6) is 0 Å². The zero-order chi connectivity index (χ0) is 13.0. The maximum atomic E-state index is 5.58. The van der Waals surface area contributed by atoms with E-state index in [1.807, 2.05) is 23.0 Å². The minimum atomic E-state index is 0.0315. The number of furan rings is 1. The molecule has 0 aromatic carbocycles. The van der Waals surface area contributed by atoms with Crippen LogP contribution in [0.2, 0.25) is 0 Å². The Hall–Kier alpha value is -1.59. The van der Waals surface area contributed by atoms with Crippen LogP contribution in [0.4, 0.5) is 0 Å². The Bertz CT molecular complexity index is 463. The molecule has 0 radical (unpaired) electrons. The molecule has 0 fully saturated rings. The van der Waals surface area contributed by atoms with E-state index in [1.54, 1.807) is 12.5 Å². The first kappa shape index (κ1) is 12.9. The number of nitrogens with zero attached hydrogens (tertiary/aromatic N) is 2. The minimum absolute atomic E-state index is 0.0315. The Labute approximate surface area is 107 Å². The van der Waals surface area contributed by atoms with Crippen LogP contribution in [0.3, 0.4) is 0 Å². The van der Waals surface area contributed by atoms with Crippen LogP contribution in [-0.2, 0) is 6.42 Å². The summed E-state index contributed by atoms with van der Waals surface area (Å²) in [5, 5.41) is 4.57. The molecule has 0 bridgehead atoms. The van der Waals surface area contributed by atoms with E-state index in [0.717, 1.165) is 24.1 Å². The van der Waals surface area contributed by atoms with Gasteiger partial charge >= 0.3 is 0 Å². The topological polar surface area (TPSA) is 69.0 Å². The van der Waals surface area contributed by atoms with E-state index in [1.165, 1.54) is 0 Å². The van der Waals surface area contributed by atoms with Gasteiger partial charge < -0.3 is 4.42 Å². The van der Waals surface area contributed by atoms with E-state index in [9.17, 15) is 0 Å². The molecule has 2 unspecified atom stereocenters. The summed E-state index contributed by atoms with van der Waals surface area (Å²) in [5.41, 5.74) is 4.86. The van der Waals surface area contributed by atoms with Gasteiger partial charge in [0.1, 0.15) is 0 Å². The Balaban J connectivity index is 2.06. The van der Waals surface area contributed by atoms with Gasteiger partial charge in [-0.3, -0.25) is 16.0 Å². The van der Waals surface area contributed by atoms with Crippen LogP contribution in [0, 0.1) is 0 Å². The molecule has 0 saturated heterocycles. The molecule has 0 aliphatic carbocycles. The maximum Gasteiger partial charge on any atom is 0.0951 e. The largest absolute Gasteiger partial charge is 0.472 e. The molecule has 0 amide bonds. The average molecular weight is 248 g/mol. The third kappa shape index (κ3) is 2.80. The van der Waals surface area contributed by atoms with Crippen molar-refractivity contribution in [1.29, 1.82) is 0 Å². The Kier molecular flexibility index (Phi) is 4.17. The lowest BCUT2D eigenvalue weighted by atomic mass is 10.1. The summed E-state index contributed by atoms with van der Waals surface area (Å²) in [6.45, 7) is 4.31. The molecule has 2 aromatic heterocycles. The van der Waals surface area contributed by atoms with Crippen molar-refractivity contribution in [3.63, 3.8) is 0 Å². The molecule has 98 valence electrons. The molecule has 5 heteroatoms. The van der Waals surface area contributed by atoms with Gasteiger partial charge in [-0.25, -0.2) is 0 Å². The Morgan fingerprint density at radius 3 is 2.94 bits per heavy atom. The molecular formula is C13H20N4O. The van der Waals surface area contributed by atoms with Crippen molar-refractivity contribution in [2.24, 2.45) is 5.84 Å². The third-order valence-corrected chi connectivity index (χ3v) is 3.27. The van der Waals surface area contributed by atoms with Gasteiger partial charge in [0.2, 0.25) is 0 Å². The quantitative estimate of drug-likeness (QED) is 0.607. The summed E-state index contributed by atoms with van der Waals surface area (Å²) in [4.78, 5) is 0. The monoisotopic (exact) mass is 248 g/mol. The standard InChI is InChI=1S/C13H20N4O/c1-3-10(2)17-6-4-12(16-17)8-13(15-14)11-5-7-18-9-11/h4-7,9-10,13,15H,3,8,14H2,1-2H3. The van der Waals surface area contributed by atoms with Gasteiger partial charge in [-0.05, 0) is 25.5 Å². The second kappa shape index (κ2) is 5.84. The molecule has 0 aliphatic rings. The first-order valence-corrected chi connectivity index (χ1v) is 6.26. The lowest BCUT2D eigenvalue weighted by Gasteiger charge is -2.12. The van der Waals surface area contributed by atoms with Gasteiger partial charge in [0.05, 0.1) is 24.3 Å². The van der Waals surface area contributed by atoms with E-state index in [0.29, 0.717) is 6.04 Å². The van der Waals surface area contributed by atoms with Crippen molar-refractivity contribution in [1.82, 2.24) is 15.2 Å². The van der Waals surface area contributed by atoms with Gasteiger partial charge in [0.25, 0.3) is 0 Å².